The zero-order chi connectivity index (χ0) is 18.4. The Bertz CT molecular complexity index is 757. The number of benzene rings is 2. The third-order valence-electron chi connectivity index (χ3n) is 3.91. The summed E-state index contributed by atoms with van der Waals surface area (Å²) in [6.07, 6.45) is 2.04. The van der Waals surface area contributed by atoms with Crippen molar-refractivity contribution >= 4 is 29.3 Å². The van der Waals surface area contributed by atoms with Crippen molar-refractivity contribution in [2.24, 2.45) is 0 Å². The number of likely N-dealkylation sites (N-methyl/N-ethyl adjacent to an activating group) is 1. The number of carbonyl (C=O) groups is 2. The molecule has 25 heavy (non-hydrogen) atoms. The number of aryl methyl sites for hydroxylation is 2. The first-order valence-corrected chi connectivity index (χ1v) is 9.50. The van der Waals surface area contributed by atoms with E-state index >= 15 is 0 Å². The number of thioether (sulfide) groups is 1. The summed E-state index contributed by atoms with van der Waals surface area (Å²) in [5.74, 6) is 0.554. The molecular weight excluding hydrogens is 332 g/mol. The summed E-state index contributed by atoms with van der Waals surface area (Å²) < 4.78 is 0. The molecule has 1 N–H and O–H groups in total. The van der Waals surface area contributed by atoms with Crippen molar-refractivity contribution in [3.8, 4) is 0 Å². The molecule has 2 amide bonds. The first kappa shape index (κ1) is 19.1. The zero-order valence-electron chi connectivity index (χ0n) is 15.1. The molecule has 0 saturated heterocycles. The molecule has 0 fully saturated rings. The second-order valence-corrected chi connectivity index (χ2v) is 7.02. The van der Waals surface area contributed by atoms with E-state index in [9.17, 15) is 9.59 Å². The van der Waals surface area contributed by atoms with Crippen molar-refractivity contribution in [2.45, 2.75) is 19.6 Å². The van der Waals surface area contributed by atoms with Crippen LogP contribution in [0.25, 0.3) is 0 Å². The van der Waals surface area contributed by atoms with Crippen LogP contribution in [-0.4, -0.2) is 36.6 Å². The number of nitrogens with zero attached hydrogens (tertiary/aromatic N) is 1. The topological polar surface area (TPSA) is 49.4 Å². The van der Waals surface area contributed by atoms with Gasteiger partial charge in [-0.3, -0.25) is 9.59 Å². The normalized spacial score (nSPS) is 10.4. The van der Waals surface area contributed by atoms with Crippen LogP contribution in [0.4, 0.5) is 5.69 Å². The Labute approximate surface area is 153 Å². The molecule has 0 unspecified atom stereocenters. The highest BCUT2D eigenvalue weighted by molar-refractivity contribution is 7.97. The smallest absolute Gasteiger partial charge is 0.254 e. The maximum absolute atomic E-state index is 12.5. The first-order chi connectivity index (χ1) is 11.9. The monoisotopic (exact) mass is 356 g/mol. The van der Waals surface area contributed by atoms with Crippen LogP contribution in [0, 0.1) is 13.8 Å². The average molecular weight is 356 g/mol. The third kappa shape index (κ3) is 5.36. The summed E-state index contributed by atoms with van der Waals surface area (Å²) >= 11 is 1.74. The lowest BCUT2D eigenvalue weighted by Gasteiger charge is -2.18. The molecule has 0 spiro atoms. The van der Waals surface area contributed by atoms with Crippen LogP contribution in [0.3, 0.4) is 0 Å². The number of hydrogen-bond acceptors (Lipinski definition) is 3. The summed E-state index contributed by atoms with van der Waals surface area (Å²) in [6.45, 7) is 3.93. The number of nitrogens with one attached hydrogen (secondary N) is 1. The van der Waals surface area contributed by atoms with Crippen LogP contribution in [0.5, 0.6) is 0 Å². The maximum atomic E-state index is 12.5. The molecule has 2 rings (SSSR count). The van der Waals surface area contributed by atoms with E-state index in [1.54, 1.807) is 18.8 Å². The molecule has 4 nitrogen and oxygen atoms in total. The molecule has 2 aromatic carbocycles. The van der Waals surface area contributed by atoms with Crippen LogP contribution in [0.2, 0.25) is 0 Å². The van der Waals surface area contributed by atoms with Gasteiger partial charge < -0.3 is 10.2 Å². The van der Waals surface area contributed by atoms with Crippen molar-refractivity contribution in [1.29, 1.82) is 0 Å². The highest BCUT2D eigenvalue weighted by Crippen LogP contribution is 2.16. The van der Waals surface area contributed by atoms with Gasteiger partial charge >= 0.3 is 0 Å². The minimum absolute atomic E-state index is 0.0127. The second-order valence-electron chi connectivity index (χ2n) is 6.16. The lowest BCUT2D eigenvalue weighted by atomic mass is 10.1. The Morgan fingerprint density at radius 1 is 1.08 bits per heavy atom. The Morgan fingerprint density at radius 2 is 1.76 bits per heavy atom. The summed E-state index contributed by atoms with van der Waals surface area (Å²) in [5, 5.41) is 2.88. The van der Waals surface area contributed by atoms with E-state index in [0.717, 1.165) is 22.6 Å². The minimum Gasteiger partial charge on any atom is -0.332 e. The molecule has 0 aliphatic rings. The number of hydrogen-bond donors (Lipinski definition) is 1. The predicted molar refractivity (Wildman–Crippen MR) is 105 cm³/mol. The number of carbonyl (C=O) groups excluding carboxylic acids is 2. The van der Waals surface area contributed by atoms with E-state index in [4.69, 9.17) is 0 Å². The molecule has 132 valence electrons. The molecule has 0 atom stereocenters. The fourth-order valence-electron chi connectivity index (χ4n) is 2.48. The van der Waals surface area contributed by atoms with Gasteiger partial charge in [0.2, 0.25) is 5.91 Å². The van der Waals surface area contributed by atoms with Gasteiger partial charge in [-0.25, -0.2) is 0 Å². The summed E-state index contributed by atoms with van der Waals surface area (Å²) in [6, 6.07) is 13.4. The number of rotatable bonds is 6. The third-order valence-corrected chi connectivity index (χ3v) is 4.53. The lowest BCUT2D eigenvalue weighted by Crippen LogP contribution is -2.35. The van der Waals surface area contributed by atoms with E-state index in [0.29, 0.717) is 5.56 Å². The Kier molecular flexibility index (Phi) is 6.65. The van der Waals surface area contributed by atoms with E-state index in [1.165, 1.54) is 10.5 Å². The zero-order valence-corrected chi connectivity index (χ0v) is 15.9. The molecular formula is C20H24N2O2S. The molecule has 0 radical (unpaired) electrons. The van der Waals surface area contributed by atoms with Crippen LogP contribution >= 0.6 is 11.8 Å². The van der Waals surface area contributed by atoms with Gasteiger partial charge in [0, 0.05) is 24.1 Å². The van der Waals surface area contributed by atoms with Crippen molar-refractivity contribution < 1.29 is 9.59 Å². The number of anilines is 1. The van der Waals surface area contributed by atoms with Crippen molar-refractivity contribution in [1.82, 2.24) is 4.90 Å². The standard InChI is InChI=1S/C20H24N2O2S/c1-14-5-6-15(2)18(11-14)21-19(23)12-22(3)20(24)17-9-7-16(8-10-17)13-25-4/h5-11H,12-13H2,1-4H3,(H,21,23). The van der Waals surface area contributed by atoms with Gasteiger partial charge in [-0.1, -0.05) is 24.3 Å². The van der Waals surface area contributed by atoms with Gasteiger partial charge in [-0.05, 0) is 55.0 Å². The van der Waals surface area contributed by atoms with E-state index in [1.807, 2.05) is 62.6 Å². The maximum Gasteiger partial charge on any atom is 0.254 e. The van der Waals surface area contributed by atoms with Crippen LogP contribution in [0.1, 0.15) is 27.0 Å². The fraction of sp³-hybridized carbons (Fsp3) is 0.300. The summed E-state index contributed by atoms with van der Waals surface area (Å²) in [5.41, 5.74) is 4.63. The quantitative estimate of drug-likeness (QED) is 0.854. The highest BCUT2D eigenvalue weighted by Gasteiger charge is 2.15. The van der Waals surface area contributed by atoms with Crippen molar-refractivity contribution in [2.75, 3.05) is 25.2 Å². The highest BCUT2D eigenvalue weighted by atomic mass is 32.2. The Morgan fingerprint density at radius 3 is 2.40 bits per heavy atom. The molecule has 5 heteroatoms. The molecule has 0 saturated carbocycles. The van der Waals surface area contributed by atoms with Gasteiger partial charge in [-0.2, -0.15) is 11.8 Å². The van der Waals surface area contributed by atoms with Gasteiger partial charge in [0.05, 0.1) is 6.54 Å². The SMILES string of the molecule is CSCc1ccc(C(=O)N(C)CC(=O)Nc2cc(C)ccc2C)cc1. The molecule has 0 aromatic heterocycles. The van der Waals surface area contributed by atoms with Crippen molar-refractivity contribution in [3.05, 3.63) is 64.7 Å². The van der Waals surface area contributed by atoms with Gasteiger partial charge in [0.1, 0.15) is 0 Å². The predicted octanol–water partition coefficient (Wildman–Crippen LogP) is 3.88. The molecule has 0 heterocycles. The fourth-order valence-corrected chi connectivity index (χ4v) is 3.00. The summed E-state index contributed by atoms with van der Waals surface area (Å²) in [4.78, 5) is 26.2. The van der Waals surface area contributed by atoms with Crippen molar-refractivity contribution in [3.63, 3.8) is 0 Å². The Hall–Kier alpha value is -2.27. The van der Waals surface area contributed by atoms with Crippen LogP contribution < -0.4 is 5.32 Å². The molecule has 2 aromatic rings. The lowest BCUT2D eigenvalue weighted by molar-refractivity contribution is -0.116. The summed E-state index contributed by atoms with van der Waals surface area (Å²) in [7, 11) is 1.64. The minimum atomic E-state index is -0.205. The largest absolute Gasteiger partial charge is 0.332 e. The van der Waals surface area contributed by atoms with Gasteiger partial charge in [0.15, 0.2) is 0 Å². The van der Waals surface area contributed by atoms with E-state index < -0.39 is 0 Å². The average Bonchev–Trinajstić information content (AvgIpc) is 2.58. The van der Waals surface area contributed by atoms with Crippen LogP contribution in [-0.2, 0) is 10.5 Å². The molecule has 0 aliphatic heterocycles. The van der Waals surface area contributed by atoms with Gasteiger partial charge in [0.25, 0.3) is 5.91 Å². The van der Waals surface area contributed by atoms with Crippen LogP contribution in [0.15, 0.2) is 42.5 Å². The van der Waals surface area contributed by atoms with E-state index in [2.05, 4.69) is 5.32 Å². The number of amides is 2. The van der Waals surface area contributed by atoms with E-state index in [-0.39, 0.29) is 18.4 Å². The van der Waals surface area contributed by atoms with Gasteiger partial charge in [-0.15, -0.1) is 0 Å². The first-order valence-electron chi connectivity index (χ1n) is 8.11. The Balaban J connectivity index is 1.98. The second kappa shape index (κ2) is 8.72. The molecule has 0 aliphatic carbocycles. The molecule has 0 bridgehead atoms.